The van der Waals surface area contributed by atoms with Gasteiger partial charge in [-0.2, -0.15) is 0 Å². The van der Waals surface area contributed by atoms with Crippen LogP contribution in [-0.4, -0.2) is 64.0 Å². The molecular formula is C35H46N4O7. The first kappa shape index (κ1) is 35.9. The van der Waals surface area contributed by atoms with Crippen LogP contribution in [0.4, 0.5) is 16.2 Å². The molecule has 0 fully saturated rings. The number of benzene rings is 3. The summed E-state index contributed by atoms with van der Waals surface area (Å²) in [5.74, 6) is 0.0754. The fourth-order valence-electron chi connectivity index (χ4n) is 4.45. The molecule has 0 aromatic heterocycles. The Hall–Kier alpha value is -4.61. The van der Waals surface area contributed by atoms with E-state index < -0.39 is 17.6 Å². The molecule has 0 aliphatic heterocycles. The van der Waals surface area contributed by atoms with Crippen molar-refractivity contribution in [3.63, 3.8) is 0 Å². The molecule has 0 spiro atoms. The average molecular weight is 635 g/mol. The van der Waals surface area contributed by atoms with Crippen molar-refractivity contribution in [3.05, 3.63) is 83.4 Å². The monoisotopic (exact) mass is 634 g/mol. The summed E-state index contributed by atoms with van der Waals surface area (Å²) in [7, 11) is 3.19. The minimum Gasteiger partial charge on any atom is -0.495 e. The van der Waals surface area contributed by atoms with Crippen LogP contribution in [-0.2, 0) is 16.1 Å². The standard InChI is InChI=1S/C35H46N4O7/c1-35(2,3)46-34(42)37-20-12-22-45-30-16-9-7-14-27(30)32(40)38-28-18-17-25(23-31(28)43-5)33(41)39(4)29-15-8-6-13-26(29)24-44-21-11-10-19-36/h6-9,13-18,23H,10-12,19-22,24,36H2,1-5H3,(H,37,42)(H,38,40). The largest absolute Gasteiger partial charge is 0.495 e. The lowest BCUT2D eigenvalue weighted by molar-refractivity contribution is 0.0525. The van der Waals surface area contributed by atoms with E-state index in [1.807, 2.05) is 24.3 Å². The van der Waals surface area contributed by atoms with Gasteiger partial charge < -0.3 is 40.2 Å². The summed E-state index contributed by atoms with van der Waals surface area (Å²) in [4.78, 5) is 40.2. The SMILES string of the molecule is COc1cc(C(=O)N(C)c2ccccc2COCCCCN)ccc1NC(=O)c1ccccc1OCCCNC(=O)OC(C)(C)C. The summed E-state index contributed by atoms with van der Waals surface area (Å²) >= 11 is 0. The van der Waals surface area contributed by atoms with Crippen LogP contribution in [0.5, 0.6) is 11.5 Å². The molecule has 0 unspecified atom stereocenters. The Bertz CT molecular complexity index is 1450. The zero-order chi connectivity index (χ0) is 33.5. The summed E-state index contributed by atoms with van der Waals surface area (Å²) in [6, 6.07) is 19.3. The molecule has 3 rings (SSSR count). The van der Waals surface area contributed by atoms with Gasteiger partial charge in [-0.25, -0.2) is 4.79 Å². The average Bonchev–Trinajstić information content (AvgIpc) is 3.03. The summed E-state index contributed by atoms with van der Waals surface area (Å²) < 4.78 is 22.4. The smallest absolute Gasteiger partial charge is 0.407 e. The molecular weight excluding hydrogens is 588 g/mol. The molecule has 0 radical (unpaired) electrons. The quantitative estimate of drug-likeness (QED) is 0.169. The van der Waals surface area contributed by atoms with Gasteiger partial charge in [0.1, 0.15) is 17.1 Å². The van der Waals surface area contributed by atoms with Gasteiger partial charge in [-0.1, -0.05) is 30.3 Å². The first-order valence-corrected chi connectivity index (χ1v) is 15.4. The van der Waals surface area contributed by atoms with Gasteiger partial charge in [-0.3, -0.25) is 9.59 Å². The molecule has 3 aromatic carbocycles. The molecule has 46 heavy (non-hydrogen) atoms. The predicted molar refractivity (Wildman–Crippen MR) is 179 cm³/mol. The zero-order valence-corrected chi connectivity index (χ0v) is 27.4. The molecule has 3 amide bonds. The lowest BCUT2D eigenvalue weighted by Gasteiger charge is -2.21. The number of nitrogens with one attached hydrogen (secondary N) is 2. The second-order valence-corrected chi connectivity index (χ2v) is 11.5. The highest BCUT2D eigenvalue weighted by molar-refractivity contribution is 6.09. The molecule has 0 saturated carbocycles. The van der Waals surface area contributed by atoms with E-state index in [9.17, 15) is 14.4 Å². The van der Waals surface area contributed by atoms with E-state index >= 15 is 0 Å². The predicted octanol–water partition coefficient (Wildman–Crippen LogP) is 5.77. The topological polar surface area (TPSA) is 141 Å². The van der Waals surface area contributed by atoms with Crippen molar-refractivity contribution in [3.8, 4) is 11.5 Å². The van der Waals surface area contributed by atoms with Crippen molar-refractivity contribution in [2.75, 3.05) is 50.7 Å². The Labute approximate surface area is 271 Å². The number of hydrogen-bond donors (Lipinski definition) is 3. The van der Waals surface area contributed by atoms with Crippen LogP contribution in [0.3, 0.4) is 0 Å². The van der Waals surface area contributed by atoms with Gasteiger partial charge in [-0.05, 0) is 83.0 Å². The number of nitrogens with two attached hydrogens (primary N) is 1. The maximum Gasteiger partial charge on any atom is 0.407 e. The highest BCUT2D eigenvalue weighted by Gasteiger charge is 2.20. The number of amides is 3. The minimum absolute atomic E-state index is 0.244. The fraction of sp³-hybridized carbons (Fsp3) is 0.400. The second kappa shape index (κ2) is 17.8. The molecule has 0 aliphatic carbocycles. The summed E-state index contributed by atoms with van der Waals surface area (Å²) in [5.41, 5.74) is 7.72. The van der Waals surface area contributed by atoms with Gasteiger partial charge in [0.05, 0.1) is 31.6 Å². The van der Waals surface area contributed by atoms with Crippen LogP contribution in [0.15, 0.2) is 66.7 Å². The first-order chi connectivity index (χ1) is 22.0. The number of unbranched alkanes of at least 4 members (excludes halogenated alkanes) is 1. The first-order valence-electron chi connectivity index (χ1n) is 15.4. The maximum atomic E-state index is 13.5. The number of carbonyl (C=O) groups excluding carboxylic acids is 3. The van der Waals surface area contributed by atoms with E-state index in [-0.39, 0.29) is 12.5 Å². The number of carbonyl (C=O) groups is 3. The van der Waals surface area contributed by atoms with Crippen LogP contribution in [0.2, 0.25) is 0 Å². The van der Waals surface area contributed by atoms with Crippen LogP contribution in [0, 0.1) is 0 Å². The second-order valence-electron chi connectivity index (χ2n) is 11.5. The van der Waals surface area contributed by atoms with E-state index in [1.54, 1.807) is 75.2 Å². The van der Waals surface area contributed by atoms with Crippen molar-refractivity contribution < 1.29 is 33.3 Å². The molecule has 3 aromatic rings. The number of ether oxygens (including phenoxy) is 4. The molecule has 0 bridgehead atoms. The molecule has 11 nitrogen and oxygen atoms in total. The van der Waals surface area contributed by atoms with Crippen molar-refractivity contribution in [2.45, 2.75) is 52.2 Å². The normalized spacial score (nSPS) is 11.0. The maximum absolute atomic E-state index is 13.5. The third-order valence-corrected chi connectivity index (χ3v) is 6.73. The Balaban J connectivity index is 1.63. The van der Waals surface area contributed by atoms with Crippen LogP contribution in [0.25, 0.3) is 0 Å². The lowest BCUT2D eigenvalue weighted by Crippen LogP contribution is -2.33. The molecule has 0 atom stereocenters. The molecule has 4 N–H and O–H groups in total. The van der Waals surface area contributed by atoms with Crippen LogP contribution in [0.1, 0.15) is 66.3 Å². The van der Waals surface area contributed by atoms with Crippen LogP contribution < -0.4 is 30.7 Å². The molecule has 248 valence electrons. The number of rotatable bonds is 16. The van der Waals surface area contributed by atoms with Gasteiger partial charge in [0.25, 0.3) is 11.8 Å². The third-order valence-electron chi connectivity index (χ3n) is 6.73. The van der Waals surface area contributed by atoms with Gasteiger partial charge in [0, 0.05) is 37.0 Å². The van der Waals surface area contributed by atoms with Crippen molar-refractivity contribution in [2.24, 2.45) is 5.73 Å². The Morgan fingerprint density at radius 2 is 1.63 bits per heavy atom. The van der Waals surface area contributed by atoms with Crippen LogP contribution >= 0.6 is 0 Å². The zero-order valence-electron chi connectivity index (χ0n) is 27.4. The Morgan fingerprint density at radius 3 is 2.37 bits per heavy atom. The van der Waals surface area contributed by atoms with Gasteiger partial charge in [-0.15, -0.1) is 0 Å². The third kappa shape index (κ3) is 11.1. The number of para-hydroxylation sites is 2. The van der Waals surface area contributed by atoms with Crippen molar-refractivity contribution in [1.29, 1.82) is 0 Å². The van der Waals surface area contributed by atoms with Gasteiger partial charge >= 0.3 is 6.09 Å². The molecule has 11 heteroatoms. The molecule has 0 saturated heterocycles. The Kier molecular flexibility index (Phi) is 13.9. The molecule has 0 aliphatic rings. The van der Waals surface area contributed by atoms with E-state index in [4.69, 9.17) is 24.7 Å². The molecule has 0 heterocycles. The number of hydrogen-bond acceptors (Lipinski definition) is 8. The van der Waals surface area contributed by atoms with Gasteiger partial charge in [0.2, 0.25) is 0 Å². The van der Waals surface area contributed by atoms with Crippen molar-refractivity contribution in [1.82, 2.24) is 5.32 Å². The van der Waals surface area contributed by atoms with E-state index in [0.717, 1.165) is 24.1 Å². The number of anilines is 2. The number of nitrogens with zero attached hydrogens (tertiary/aromatic N) is 1. The lowest BCUT2D eigenvalue weighted by atomic mass is 10.1. The van der Waals surface area contributed by atoms with E-state index in [1.165, 1.54) is 7.11 Å². The highest BCUT2D eigenvalue weighted by Crippen LogP contribution is 2.29. The van der Waals surface area contributed by atoms with Crippen molar-refractivity contribution >= 4 is 29.3 Å². The van der Waals surface area contributed by atoms with Gasteiger partial charge in [0.15, 0.2) is 0 Å². The minimum atomic E-state index is -0.575. The van der Waals surface area contributed by atoms with E-state index in [0.29, 0.717) is 61.0 Å². The van der Waals surface area contributed by atoms with E-state index in [2.05, 4.69) is 10.6 Å². The number of methoxy groups -OCH3 is 1. The number of alkyl carbamates (subject to hydrolysis) is 1. The highest BCUT2D eigenvalue weighted by atomic mass is 16.6. The fourth-order valence-corrected chi connectivity index (χ4v) is 4.45. The summed E-state index contributed by atoms with van der Waals surface area (Å²) in [6.07, 6.45) is 1.79. The summed E-state index contributed by atoms with van der Waals surface area (Å²) in [5, 5.41) is 5.55. The Morgan fingerprint density at radius 1 is 0.891 bits per heavy atom. The summed E-state index contributed by atoms with van der Waals surface area (Å²) in [6.45, 7) is 7.62.